The molecule has 0 radical (unpaired) electrons. The first-order valence-electron chi connectivity index (χ1n) is 7.01. The molecule has 0 fully saturated rings. The summed E-state index contributed by atoms with van der Waals surface area (Å²) in [5, 5.41) is 3.20. The molecule has 0 saturated heterocycles. The fourth-order valence-corrected chi connectivity index (χ4v) is 3.52. The normalized spacial score (nSPS) is 14.6. The van der Waals surface area contributed by atoms with Gasteiger partial charge in [-0.25, -0.2) is 13.4 Å². The number of rotatable bonds is 3. The smallest absolute Gasteiger partial charge is 0.263 e. The number of hydrogen-bond acceptors (Lipinski definition) is 4. The van der Waals surface area contributed by atoms with Gasteiger partial charge in [-0.3, -0.25) is 9.52 Å². The number of halogens is 1. The van der Waals surface area contributed by atoms with Crippen LogP contribution in [0.5, 0.6) is 0 Å². The summed E-state index contributed by atoms with van der Waals surface area (Å²) in [6.07, 6.45) is 3.14. The lowest BCUT2D eigenvalue weighted by Gasteiger charge is -2.11. The van der Waals surface area contributed by atoms with Gasteiger partial charge in [0.1, 0.15) is 5.82 Å². The molecule has 1 aromatic heterocycles. The third-order valence-corrected chi connectivity index (χ3v) is 5.05. The van der Waals surface area contributed by atoms with Crippen molar-refractivity contribution >= 4 is 39.0 Å². The average Bonchev–Trinajstić information content (AvgIpc) is 2.69. The summed E-state index contributed by atoms with van der Waals surface area (Å²) in [5.74, 6) is 0.139. The summed E-state index contributed by atoms with van der Waals surface area (Å²) in [6.45, 7) is 0. The van der Waals surface area contributed by atoms with Crippen LogP contribution in [0.2, 0.25) is 5.02 Å². The van der Waals surface area contributed by atoms with Crippen LogP contribution < -0.4 is 10.0 Å². The van der Waals surface area contributed by atoms with Gasteiger partial charge in [-0.05, 0) is 48.7 Å². The van der Waals surface area contributed by atoms with E-state index in [1.54, 1.807) is 18.2 Å². The Morgan fingerprint density at radius 3 is 2.74 bits per heavy atom. The van der Waals surface area contributed by atoms with Crippen molar-refractivity contribution in [1.82, 2.24) is 4.98 Å². The number of nitrogens with zero attached hydrogens (tertiary/aromatic N) is 1. The molecule has 0 spiro atoms. The molecule has 0 saturated carbocycles. The highest BCUT2D eigenvalue weighted by Crippen LogP contribution is 2.26. The van der Waals surface area contributed by atoms with Gasteiger partial charge < -0.3 is 5.32 Å². The second-order valence-electron chi connectivity index (χ2n) is 5.19. The molecular formula is C15H14ClN3O3S. The number of hydrogen-bond donors (Lipinski definition) is 2. The van der Waals surface area contributed by atoms with Crippen LogP contribution in [0.4, 0.5) is 11.5 Å². The average molecular weight is 352 g/mol. The molecule has 6 nitrogen and oxygen atoms in total. The number of carbonyl (C=O) groups excluding carboxylic acids is 1. The van der Waals surface area contributed by atoms with Crippen molar-refractivity contribution in [2.45, 2.75) is 24.2 Å². The molecule has 0 bridgehead atoms. The van der Waals surface area contributed by atoms with Crippen LogP contribution in [0.25, 0.3) is 0 Å². The van der Waals surface area contributed by atoms with Crippen molar-refractivity contribution < 1.29 is 13.2 Å². The van der Waals surface area contributed by atoms with E-state index in [1.807, 2.05) is 0 Å². The molecule has 0 unspecified atom stereocenters. The fourth-order valence-electron chi connectivity index (χ4n) is 2.35. The van der Waals surface area contributed by atoms with Crippen molar-refractivity contribution in [3.8, 4) is 0 Å². The van der Waals surface area contributed by atoms with Gasteiger partial charge in [0, 0.05) is 18.3 Å². The number of benzene rings is 1. The van der Waals surface area contributed by atoms with E-state index in [2.05, 4.69) is 15.0 Å². The summed E-state index contributed by atoms with van der Waals surface area (Å²) in [4.78, 5) is 15.6. The Morgan fingerprint density at radius 2 is 2.00 bits per heavy atom. The number of anilines is 2. The Hall–Kier alpha value is -2.12. The predicted molar refractivity (Wildman–Crippen MR) is 88.1 cm³/mol. The minimum absolute atomic E-state index is 0.0529. The van der Waals surface area contributed by atoms with Crippen molar-refractivity contribution in [3.63, 3.8) is 0 Å². The monoisotopic (exact) mass is 351 g/mol. The highest BCUT2D eigenvalue weighted by atomic mass is 35.5. The van der Waals surface area contributed by atoms with Gasteiger partial charge in [0.15, 0.2) is 0 Å². The van der Waals surface area contributed by atoms with Gasteiger partial charge in [-0.2, -0.15) is 0 Å². The minimum atomic E-state index is -3.75. The van der Waals surface area contributed by atoms with E-state index in [1.165, 1.54) is 18.3 Å². The van der Waals surface area contributed by atoms with Gasteiger partial charge in [-0.1, -0.05) is 11.6 Å². The second-order valence-corrected chi connectivity index (χ2v) is 7.31. The SMILES string of the molecule is O=C1CCCc2cc(S(=O)(=O)Nc3ccc(Cl)cn3)ccc2N1. The van der Waals surface area contributed by atoms with E-state index in [-0.39, 0.29) is 16.6 Å². The largest absolute Gasteiger partial charge is 0.326 e. The molecule has 1 aromatic carbocycles. The highest BCUT2D eigenvalue weighted by Gasteiger charge is 2.19. The summed E-state index contributed by atoms with van der Waals surface area (Å²) >= 11 is 5.73. The number of aryl methyl sites for hydroxylation is 1. The van der Waals surface area contributed by atoms with Crippen LogP contribution in [0.1, 0.15) is 18.4 Å². The van der Waals surface area contributed by atoms with Crippen LogP contribution in [0.3, 0.4) is 0 Å². The van der Waals surface area contributed by atoms with Crippen LogP contribution in [-0.2, 0) is 21.2 Å². The quantitative estimate of drug-likeness (QED) is 0.890. The lowest BCUT2D eigenvalue weighted by atomic mass is 10.1. The van der Waals surface area contributed by atoms with Crippen molar-refractivity contribution in [2.24, 2.45) is 0 Å². The number of carbonyl (C=O) groups is 1. The maximum absolute atomic E-state index is 12.5. The van der Waals surface area contributed by atoms with Crippen molar-refractivity contribution in [2.75, 3.05) is 10.0 Å². The van der Waals surface area contributed by atoms with Crippen LogP contribution in [-0.4, -0.2) is 19.3 Å². The van der Waals surface area contributed by atoms with E-state index in [0.29, 0.717) is 30.0 Å². The Kier molecular flexibility index (Phi) is 4.23. The number of aromatic nitrogens is 1. The number of fused-ring (bicyclic) bond motifs is 1. The van der Waals surface area contributed by atoms with E-state index in [0.717, 1.165) is 5.56 Å². The third-order valence-electron chi connectivity index (χ3n) is 3.48. The van der Waals surface area contributed by atoms with Gasteiger partial charge >= 0.3 is 0 Å². The number of sulfonamides is 1. The lowest BCUT2D eigenvalue weighted by Crippen LogP contribution is -2.14. The van der Waals surface area contributed by atoms with Gasteiger partial charge in [0.2, 0.25) is 5.91 Å². The molecule has 120 valence electrons. The second kappa shape index (κ2) is 6.17. The van der Waals surface area contributed by atoms with Crippen LogP contribution in [0.15, 0.2) is 41.4 Å². The lowest BCUT2D eigenvalue weighted by molar-refractivity contribution is -0.116. The molecule has 1 aliphatic rings. The molecular weight excluding hydrogens is 338 g/mol. The molecule has 3 rings (SSSR count). The Morgan fingerprint density at radius 1 is 1.17 bits per heavy atom. The van der Waals surface area contributed by atoms with Crippen LogP contribution >= 0.6 is 11.6 Å². The number of amides is 1. The van der Waals surface area contributed by atoms with Crippen molar-refractivity contribution in [3.05, 3.63) is 47.1 Å². The van der Waals surface area contributed by atoms with E-state index < -0.39 is 10.0 Å². The van der Waals surface area contributed by atoms with Crippen molar-refractivity contribution in [1.29, 1.82) is 0 Å². The van der Waals surface area contributed by atoms with E-state index in [9.17, 15) is 13.2 Å². The third kappa shape index (κ3) is 3.62. The maximum Gasteiger partial charge on any atom is 0.263 e. The first kappa shape index (κ1) is 15.8. The summed E-state index contributed by atoms with van der Waals surface area (Å²) in [6, 6.07) is 7.70. The molecule has 2 N–H and O–H groups in total. The van der Waals surface area contributed by atoms with Gasteiger partial charge in [0.25, 0.3) is 10.0 Å². The first-order chi connectivity index (χ1) is 10.9. The summed E-state index contributed by atoms with van der Waals surface area (Å²) in [5.41, 5.74) is 1.47. The summed E-state index contributed by atoms with van der Waals surface area (Å²) < 4.78 is 27.3. The molecule has 2 aromatic rings. The minimum Gasteiger partial charge on any atom is -0.326 e. The summed E-state index contributed by atoms with van der Waals surface area (Å²) in [7, 11) is -3.75. The highest BCUT2D eigenvalue weighted by molar-refractivity contribution is 7.92. The molecule has 0 atom stereocenters. The van der Waals surface area contributed by atoms with E-state index in [4.69, 9.17) is 11.6 Å². The molecule has 23 heavy (non-hydrogen) atoms. The standard InChI is InChI=1S/C15H14ClN3O3S/c16-11-4-7-14(17-9-11)19-23(21,22)12-5-6-13-10(8-12)2-1-3-15(20)18-13/h4-9H,1-3H2,(H,17,19)(H,18,20). The van der Waals surface area contributed by atoms with Gasteiger partial charge in [-0.15, -0.1) is 0 Å². The zero-order chi connectivity index (χ0) is 16.4. The Labute approximate surface area is 138 Å². The molecule has 0 aliphatic carbocycles. The fraction of sp³-hybridized carbons (Fsp3) is 0.200. The Balaban J connectivity index is 1.89. The molecule has 2 heterocycles. The Bertz CT molecular complexity index is 851. The van der Waals surface area contributed by atoms with Crippen LogP contribution in [0, 0.1) is 0 Å². The molecule has 1 amide bonds. The molecule has 1 aliphatic heterocycles. The number of nitrogens with one attached hydrogen (secondary N) is 2. The topological polar surface area (TPSA) is 88.2 Å². The predicted octanol–water partition coefficient (Wildman–Crippen LogP) is 2.81. The maximum atomic E-state index is 12.5. The zero-order valence-electron chi connectivity index (χ0n) is 12.0. The number of pyridine rings is 1. The van der Waals surface area contributed by atoms with E-state index >= 15 is 0 Å². The molecule has 8 heteroatoms. The first-order valence-corrected chi connectivity index (χ1v) is 8.87. The van der Waals surface area contributed by atoms with Gasteiger partial charge in [0.05, 0.1) is 9.92 Å². The zero-order valence-corrected chi connectivity index (χ0v) is 13.6.